The fourth-order valence-corrected chi connectivity index (χ4v) is 2.03. The summed E-state index contributed by atoms with van der Waals surface area (Å²) in [5, 5.41) is 10.3. The first kappa shape index (κ1) is 10.3. The average molecular weight is 208 g/mol. The smallest absolute Gasteiger partial charge is 0.128 e. The van der Waals surface area contributed by atoms with Gasteiger partial charge in [-0.1, -0.05) is 13.0 Å². The Hall–Kier alpha value is -1.22. The van der Waals surface area contributed by atoms with E-state index in [0.29, 0.717) is 11.5 Å². The number of hydrogen-bond acceptors (Lipinski definition) is 3. The second-order valence-corrected chi connectivity index (χ2v) is 4.07. The zero-order chi connectivity index (χ0) is 11.1. The van der Waals surface area contributed by atoms with Gasteiger partial charge in [0.2, 0.25) is 0 Å². The summed E-state index contributed by atoms with van der Waals surface area (Å²) in [5.74, 6) is 1.66. The SMILES string of the molecule is COc1cccc(OC)c1C1(O)CC1C. The molecule has 2 atom stereocenters. The van der Waals surface area contributed by atoms with Gasteiger partial charge in [-0.2, -0.15) is 0 Å². The molecule has 0 amide bonds. The summed E-state index contributed by atoms with van der Waals surface area (Å²) in [6.45, 7) is 2.02. The van der Waals surface area contributed by atoms with Crippen LogP contribution in [-0.4, -0.2) is 19.3 Å². The zero-order valence-corrected chi connectivity index (χ0v) is 9.28. The minimum absolute atomic E-state index is 0.266. The quantitative estimate of drug-likeness (QED) is 0.825. The van der Waals surface area contributed by atoms with E-state index in [2.05, 4.69) is 0 Å². The first-order valence-corrected chi connectivity index (χ1v) is 5.07. The van der Waals surface area contributed by atoms with Crippen LogP contribution in [0.1, 0.15) is 18.9 Å². The van der Waals surface area contributed by atoms with Crippen molar-refractivity contribution >= 4 is 0 Å². The van der Waals surface area contributed by atoms with Crippen LogP contribution in [0.2, 0.25) is 0 Å². The molecule has 1 fully saturated rings. The van der Waals surface area contributed by atoms with E-state index in [-0.39, 0.29) is 5.92 Å². The van der Waals surface area contributed by atoms with Crippen LogP contribution in [0.5, 0.6) is 11.5 Å². The maximum Gasteiger partial charge on any atom is 0.128 e. The van der Waals surface area contributed by atoms with Gasteiger partial charge in [-0.05, 0) is 24.5 Å². The molecule has 0 spiro atoms. The van der Waals surface area contributed by atoms with Crippen LogP contribution in [0.15, 0.2) is 18.2 Å². The molecule has 2 rings (SSSR count). The predicted molar refractivity (Wildman–Crippen MR) is 57.2 cm³/mol. The van der Waals surface area contributed by atoms with Crippen molar-refractivity contribution in [1.82, 2.24) is 0 Å². The van der Waals surface area contributed by atoms with Gasteiger partial charge in [-0.3, -0.25) is 0 Å². The van der Waals surface area contributed by atoms with Crippen molar-refractivity contribution in [3.05, 3.63) is 23.8 Å². The third-order valence-corrected chi connectivity index (χ3v) is 3.13. The summed E-state index contributed by atoms with van der Waals surface area (Å²) < 4.78 is 10.5. The van der Waals surface area contributed by atoms with Gasteiger partial charge in [0.25, 0.3) is 0 Å². The Balaban J connectivity index is 2.52. The summed E-state index contributed by atoms with van der Waals surface area (Å²) in [6.07, 6.45) is 0.768. The molecule has 1 aliphatic rings. The molecule has 1 N–H and O–H groups in total. The van der Waals surface area contributed by atoms with Gasteiger partial charge >= 0.3 is 0 Å². The van der Waals surface area contributed by atoms with Crippen LogP contribution >= 0.6 is 0 Å². The summed E-state index contributed by atoms with van der Waals surface area (Å²) in [7, 11) is 3.21. The highest BCUT2D eigenvalue weighted by Gasteiger charge is 2.54. The van der Waals surface area contributed by atoms with Gasteiger partial charge in [0.1, 0.15) is 11.5 Å². The lowest BCUT2D eigenvalue weighted by molar-refractivity contribution is 0.127. The van der Waals surface area contributed by atoms with E-state index < -0.39 is 5.60 Å². The monoisotopic (exact) mass is 208 g/mol. The summed E-state index contributed by atoms with van der Waals surface area (Å²) in [5.41, 5.74) is 0.0142. The van der Waals surface area contributed by atoms with Gasteiger partial charge in [-0.15, -0.1) is 0 Å². The Bertz CT molecular complexity index is 353. The van der Waals surface area contributed by atoms with E-state index in [4.69, 9.17) is 9.47 Å². The molecular weight excluding hydrogens is 192 g/mol. The summed E-state index contributed by atoms with van der Waals surface area (Å²) in [6, 6.07) is 5.55. The molecule has 0 aliphatic heterocycles. The summed E-state index contributed by atoms with van der Waals surface area (Å²) >= 11 is 0. The molecule has 1 saturated carbocycles. The Morgan fingerprint density at radius 2 is 1.73 bits per heavy atom. The van der Waals surface area contributed by atoms with Crippen molar-refractivity contribution in [3.63, 3.8) is 0 Å². The van der Waals surface area contributed by atoms with E-state index in [9.17, 15) is 5.11 Å². The van der Waals surface area contributed by atoms with Gasteiger partial charge in [-0.25, -0.2) is 0 Å². The van der Waals surface area contributed by atoms with Crippen molar-refractivity contribution in [1.29, 1.82) is 0 Å². The molecule has 0 bridgehead atoms. The first-order chi connectivity index (χ1) is 7.13. The van der Waals surface area contributed by atoms with E-state index in [0.717, 1.165) is 12.0 Å². The molecule has 1 aromatic carbocycles. The lowest BCUT2D eigenvalue weighted by atomic mass is 10.0. The second kappa shape index (κ2) is 3.42. The van der Waals surface area contributed by atoms with Crippen LogP contribution in [0.4, 0.5) is 0 Å². The molecular formula is C12H16O3. The van der Waals surface area contributed by atoms with Crippen LogP contribution in [0.25, 0.3) is 0 Å². The highest BCUT2D eigenvalue weighted by molar-refractivity contribution is 5.51. The minimum atomic E-state index is -0.766. The molecule has 3 heteroatoms. The molecule has 0 heterocycles. The second-order valence-electron chi connectivity index (χ2n) is 4.07. The predicted octanol–water partition coefficient (Wildman–Crippen LogP) is 1.93. The van der Waals surface area contributed by atoms with Crippen LogP contribution in [0, 0.1) is 5.92 Å². The molecule has 1 aromatic rings. The van der Waals surface area contributed by atoms with Crippen LogP contribution in [-0.2, 0) is 5.60 Å². The maximum atomic E-state index is 10.3. The Kier molecular flexibility index (Phi) is 2.35. The summed E-state index contributed by atoms with van der Waals surface area (Å²) in [4.78, 5) is 0. The number of rotatable bonds is 3. The Morgan fingerprint density at radius 1 is 1.27 bits per heavy atom. The lowest BCUT2D eigenvalue weighted by Crippen LogP contribution is -2.11. The van der Waals surface area contributed by atoms with E-state index in [1.54, 1.807) is 14.2 Å². The highest BCUT2D eigenvalue weighted by Crippen LogP contribution is 2.56. The van der Waals surface area contributed by atoms with Gasteiger partial charge in [0, 0.05) is 0 Å². The lowest BCUT2D eigenvalue weighted by Gasteiger charge is -2.17. The van der Waals surface area contributed by atoms with Crippen molar-refractivity contribution < 1.29 is 14.6 Å². The number of methoxy groups -OCH3 is 2. The van der Waals surface area contributed by atoms with E-state index in [1.807, 2.05) is 25.1 Å². The number of hydrogen-bond donors (Lipinski definition) is 1. The zero-order valence-electron chi connectivity index (χ0n) is 9.28. The normalized spacial score (nSPS) is 28.7. The highest BCUT2D eigenvalue weighted by atomic mass is 16.5. The van der Waals surface area contributed by atoms with Crippen molar-refractivity contribution in [2.24, 2.45) is 5.92 Å². The molecule has 1 aliphatic carbocycles. The average Bonchev–Trinajstić information content (AvgIpc) is 2.86. The Morgan fingerprint density at radius 3 is 2.07 bits per heavy atom. The molecule has 3 nitrogen and oxygen atoms in total. The fraction of sp³-hybridized carbons (Fsp3) is 0.500. The van der Waals surface area contributed by atoms with Crippen molar-refractivity contribution in [2.75, 3.05) is 14.2 Å². The molecule has 0 aromatic heterocycles. The van der Waals surface area contributed by atoms with E-state index in [1.165, 1.54) is 0 Å². The van der Waals surface area contributed by atoms with Crippen molar-refractivity contribution in [2.45, 2.75) is 18.9 Å². The first-order valence-electron chi connectivity index (χ1n) is 5.07. The molecule has 82 valence electrons. The van der Waals surface area contributed by atoms with Gasteiger partial charge in [0.15, 0.2) is 0 Å². The standard InChI is InChI=1S/C12H16O3/c1-8-7-12(8,13)11-9(14-2)5-4-6-10(11)15-3/h4-6,8,13H,7H2,1-3H3. The van der Waals surface area contributed by atoms with E-state index >= 15 is 0 Å². The number of ether oxygens (including phenoxy) is 2. The number of benzene rings is 1. The third-order valence-electron chi connectivity index (χ3n) is 3.13. The third kappa shape index (κ3) is 1.47. The fourth-order valence-electron chi connectivity index (χ4n) is 2.03. The molecule has 2 unspecified atom stereocenters. The molecule has 0 radical (unpaired) electrons. The van der Waals surface area contributed by atoms with Crippen molar-refractivity contribution in [3.8, 4) is 11.5 Å². The molecule has 0 saturated heterocycles. The maximum absolute atomic E-state index is 10.3. The largest absolute Gasteiger partial charge is 0.496 e. The Labute approximate surface area is 89.6 Å². The molecule has 15 heavy (non-hydrogen) atoms. The van der Waals surface area contributed by atoms with Gasteiger partial charge < -0.3 is 14.6 Å². The number of aliphatic hydroxyl groups is 1. The minimum Gasteiger partial charge on any atom is -0.496 e. The van der Waals surface area contributed by atoms with Crippen LogP contribution < -0.4 is 9.47 Å². The van der Waals surface area contributed by atoms with Crippen LogP contribution in [0.3, 0.4) is 0 Å². The van der Waals surface area contributed by atoms with Gasteiger partial charge in [0.05, 0.1) is 25.4 Å². The topological polar surface area (TPSA) is 38.7 Å².